The summed E-state index contributed by atoms with van der Waals surface area (Å²) in [5, 5.41) is 2.86. The highest BCUT2D eigenvalue weighted by molar-refractivity contribution is 6.00. The average molecular weight is 261 g/mol. The van der Waals surface area contributed by atoms with Crippen molar-refractivity contribution >= 4 is 22.6 Å². The number of amides is 1. The van der Waals surface area contributed by atoms with Crippen molar-refractivity contribution in [3.8, 4) is 0 Å². The van der Waals surface area contributed by atoms with Crippen molar-refractivity contribution in [3.63, 3.8) is 0 Å². The maximum Gasteiger partial charge on any atom is 0.323 e. The van der Waals surface area contributed by atoms with Crippen molar-refractivity contribution in [1.29, 1.82) is 0 Å². The molecule has 3 N–H and O–H groups in total. The van der Waals surface area contributed by atoms with Crippen molar-refractivity contribution in [3.05, 3.63) is 28.7 Å². The van der Waals surface area contributed by atoms with Gasteiger partial charge in [-0.15, -0.1) is 0 Å². The van der Waals surface area contributed by atoms with Crippen LogP contribution in [0.2, 0.25) is 0 Å². The predicted octanol–water partition coefficient (Wildman–Crippen LogP) is 1.22. The third kappa shape index (κ3) is 2.39. The van der Waals surface area contributed by atoms with E-state index in [4.69, 9.17) is 4.74 Å². The summed E-state index contributed by atoms with van der Waals surface area (Å²) in [6, 6.07) is 5.35. The standard InChI is InChI=1S/C13H15N3O3/c17-12(8-3-2-6-19-7-8)14-9-4-1-5-10-11(9)16-13(18)15-10/h1,4-5,8H,2-3,6-7H2,(H,14,17)(H2,15,16,18). The number of carbonyl (C=O) groups is 1. The van der Waals surface area contributed by atoms with Gasteiger partial charge in [0.05, 0.1) is 29.2 Å². The van der Waals surface area contributed by atoms with Gasteiger partial charge < -0.3 is 20.0 Å². The maximum absolute atomic E-state index is 12.1. The van der Waals surface area contributed by atoms with Crippen molar-refractivity contribution in [2.75, 3.05) is 18.5 Å². The molecule has 0 bridgehead atoms. The van der Waals surface area contributed by atoms with Gasteiger partial charge in [0.2, 0.25) is 5.91 Å². The van der Waals surface area contributed by atoms with E-state index in [1.807, 2.05) is 0 Å². The van der Waals surface area contributed by atoms with Crippen molar-refractivity contribution < 1.29 is 9.53 Å². The van der Waals surface area contributed by atoms with Crippen LogP contribution in [0.25, 0.3) is 11.0 Å². The molecule has 1 aliphatic heterocycles. The van der Waals surface area contributed by atoms with Crippen molar-refractivity contribution in [2.24, 2.45) is 5.92 Å². The Morgan fingerprint density at radius 1 is 1.37 bits per heavy atom. The van der Waals surface area contributed by atoms with Crippen LogP contribution in [-0.4, -0.2) is 29.1 Å². The molecule has 1 fully saturated rings. The number of carbonyl (C=O) groups excluding carboxylic acids is 1. The van der Waals surface area contributed by atoms with Gasteiger partial charge in [-0.1, -0.05) is 6.07 Å². The minimum Gasteiger partial charge on any atom is -0.381 e. The summed E-state index contributed by atoms with van der Waals surface area (Å²) in [6.07, 6.45) is 1.74. The fourth-order valence-electron chi connectivity index (χ4n) is 2.34. The zero-order chi connectivity index (χ0) is 13.2. The van der Waals surface area contributed by atoms with Gasteiger partial charge in [0.1, 0.15) is 0 Å². The molecule has 1 aliphatic rings. The third-order valence-electron chi connectivity index (χ3n) is 3.34. The molecule has 6 nitrogen and oxygen atoms in total. The SMILES string of the molecule is O=C(Nc1cccc2[nH]c(=O)[nH]c12)C1CCCOC1. The molecule has 0 aliphatic carbocycles. The zero-order valence-corrected chi connectivity index (χ0v) is 10.4. The molecule has 3 rings (SSSR count). The van der Waals surface area contributed by atoms with E-state index in [9.17, 15) is 9.59 Å². The monoisotopic (exact) mass is 261 g/mol. The average Bonchev–Trinajstić information content (AvgIpc) is 2.81. The first-order valence-electron chi connectivity index (χ1n) is 6.33. The summed E-state index contributed by atoms with van der Waals surface area (Å²) in [5.41, 5.74) is 1.64. The largest absolute Gasteiger partial charge is 0.381 e. The lowest BCUT2D eigenvalue weighted by Crippen LogP contribution is -2.30. The lowest BCUT2D eigenvalue weighted by Gasteiger charge is -2.21. The second kappa shape index (κ2) is 4.89. The van der Waals surface area contributed by atoms with Crippen LogP contribution in [0, 0.1) is 5.92 Å². The third-order valence-corrected chi connectivity index (χ3v) is 3.34. The van der Waals surface area contributed by atoms with E-state index in [0.29, 0.717) is 23.3 Å². The fraction of sp³-hybridized carbons (Fsp3) is 0.385. The Bertz CT molecular complexity index is 652. The number of anilines is 1. The molecule has 19 heavy (non-hydrogen) atoms. The van der Waals surface area contributed by atoms with E-state index >= 15 is 0 Å². The summed E-state index contributed by atoms with van der Waals surface area (Å²) in [5.74, 6) is -0.177. The molecule has 100 valence electrons. The minimum absolute atomic E-state index is 0.0609. The fourth-order valence-corrected chi connectivity index (χ4v) is 2.34. The van der Waals surface area contributed by atoms with Gasteiger partial charge in [-0.25, -0.2) is 4.79 Å². The quantitative estimate of drug-likeness (QED) is 0.759. The van der Waals surface area contributed by atoms with E-state index in [1.54, 1.807) is 18.2 Å². The highest BCUT2D eigenvalue weighted by Gasteiger charge is 2.22. The number of fused-ring (bicyclic) bond motifs is 1. The van der Waals surface area contributed by atoms with Gasteiger partial charge in [0.15, 0.2) is 0 Å². The van der Waals surface area contributed by atoms with E-state index < -0.39 is 0 Å². The molecular weight excluding hydrogens is 246 g/mol. The summed E-state index contributed by atoms with van der Waals surface area (Å²) in [6.45, 7) is 1.19. The second-order valence-electron chi connectivity index (χ2n) is 4.71. The van der Waals surface area contributed by atoms with E-state index in [1.165, 1.54) is 0 Å². The minimum atomic E-state index is -0.280. The van der Waals surface area contributed by atoms with Gasteiger partial charge in [0, 0.05) is 6.61 Å². The van der Waals surface area contributed by atoms with Crippen LogP contribution in [-0.2, 0) is 9.53 Å². The Morgan fingerprint density at radius 2 is 2.26 bits per heavy atom. The van der Waals surface area contributed by atoms with E-state index in [-0.39, 0.29) is 17.5 Å². The molecule has 1 aromatic heterocycles. The van der Waals surface area contributed by atoms with Crippen LogP contribution < -0.4 is 11.0 Å². The number of rotatable bonds is 2. The smallest absolute Gasteiger partial charge is 0.323 e. The second-order valence-corrected chi connectivity index (χ2v) is 4.71. The number of nitrogens with one attached hydrogen (secondary N) is 3. The van der Waals surface area contributed by atoms with Gasteiger partial charge in [0.25, 0.3) is 0 Å². The number of aromatic nitrogens is 2. The molecule has 1 amide bonds. The first-order chi connectivity index (χ1) is 9.24. The van der Waals surface area contributed by atoms with Crippen LogP contribution in [0.1, 0.15) is 12.8 Å². The van der Waals surface area contributed by atoms with Crippen LogP contribution in [0.5, 0.6) is 0 Å². The molecule has 6 heteroatoms. The summed E-state index contributed by atoms with van der Waals surface area (Å²) in [7, 11) is 0. The van der Waals surface area contributed by atoms with Crippen molar-refractivity contribution in [2.45, 2.75) is 12.8 Å². The Balaban J connectivity index is 1.84. The van der Waals surface area contributed by atoms with Gasteiger partial charge in [-0.05, 0) is 25.0 Å². The van der Waals surface area contributed by atoms with Crippen LogP contribution in [0.15, 0.2) is 23.0 Å². The Kier molecular flexibility index (Phi) is 3.08. The molecule has 0 spiro atoms. The number of ether oxygens (including phenoxy) is 1. The van der Waals surface area contributed by atoms with Gasteiger partial charge in [-0.2, -0.15) is 0 Å². The van der Waals surface area contributed by atoms with Crippen LogP contribution >= 0.6 is 0 Å². The summed E-state index contributed by atoms with van der Waals surface area (Å²) in [4.78, 5) is 28.8. The lowest BCUT2D eigenvalue weighted by molar-refractivity contribution is -0.123. The first-order valence-corrected chi connectivity index (χ1v) is 6.33. The Hall–Kier alpha value is -2.08. The molecule has 0 saturated carbocycles. The van der Waals surface area contributed by atoms with Crippen molar-refractivity contribution in [1.82, 2.24) is 9.97 Å². The molecule has 0 radical (unpaired) electrons. The number of aromatic amines is 2. The first kappa shape index (κ1) is 12.0. The number of benzene rings is 1. The van der Waals surface area contributed by atoms with E-state index in [0.717, 1.165) is 19.4 Å². The normalized spacial score (nSPS) is 19.5. The molecule has 2 aromatic rings. The van der Waals surface area contributed by atoms with E-state index in [2.05, 4.69) is 15.3 Å². The van der Waals surface area contributed by atoms with Crippen LogP contribution in [0.3, 0.4) is 0 Å². The molecule has 1 unspecified atom stereocenters. The lowest BCUT2D eigenvalue weighted by atomic mass is 10.0. The number of hydrogen-bond donors (Lipinski definition) is 3. The summed E-state index contributed by atoms with van der Waals surface area (Å²) < 4.78 is 5.31. The number of H-pyrrole nitrogens is 2. The zero-order valence-electron chi connectivity index (χ0n) is 10.4. The molecule has 1 atom stereocenters. The number of para-hydroxylation sites is 1. The van der Waals surface area contributed by atoms with Gasteiger partial charge >= 0.3 is 5.69 Å². The maximum atomic E-state index is 12.1. The molecule has 1 saturated heterocycles. The Labute approximate surface area is 109 Å². The number of hydrogen-bond acceptors (Lipinski definition) is 3. The predicted molar refractivity (Wildman–Crippen MR) is 71.1 cm³/mol. The molecule has 2 heterocycles. The van der Waals surface area contributed by atoms with Crippen LogP contribution in [0.4, 0.5) is 5.69 Å². The topological polar surface area (TPSA) is 87.0 Å². The highest BCUT2D eigenvalue weighted by Crippen LogP contribution is 2.21. The summed E-state index contributed by atoms with van der Waals surface area (Å²) >= 11 is 0. The highest BCUT2D eigenvalue weighted by atomic mass is 16.5. The van der Waals surface area contributed by atoms with Gasteiger partial charge in [-0.3, -0.25) is 4.79 Å². The Morgan fingerprint density at radius 3 is 3.05 bits per heavy atom. The molecular formula is C13H15N3O3. The number of imidazole rings is 1. The molecule has 1 aromatic carbocycles.